The van der Waals surface area contributed by atoms with Crippen LogP contribution in [0.1, 0.15) is 17.7 Å². The van der Waals surface area contributed by atoms with Crippen LogP contribution in [0.2, 0.25) is 0 Å². The van der Waals surface area contributed by atoms with Crippen LogP contribution in [0.3, 0.4) is 0 Å². The van der Waals surface area contributed by atoms with E-state index in [0.717, 1.165) is 17.1 Å². The number of rotatable bonds is 10. The lowest BCUT2D eigenvalue weighted by Crippen LogP contribution is -2.42. The third kappa shape index (κ3) is 5.70. The van der Waals surface area contributed by atoms with Crippen LogP contribution in [0.25, 0.3) is 0 Å². The second-order valence-corrected chi connectivity index (χ2v) is 9.36. The maximum absolute atomic E-state index is 11.9. The van der Waals surface area contributed by atoms with Gasteiger partial charge in [0.05, 0.1) is 24.3 Å². The van der Waals surface area contributed by atoms with Gasteiger partial charge in [-0.3, -0.25) is 4.90 Å². The third-order valence-electron chi connectivity index (χ3n) is 4.88. The second-order valence-electron chi connectivity index (χ2n) is 7.13. The van der Waals surface area contributed by atoms with E-state index in [1.807, 2.05) is 41.3 Å². The molecule has 1 N–H and O–H groups in total. The second kappa shape index (κ2) is 9.41. The first-order chi connectivity index (χ1) is 13.5. The fourth-order valence-corrected chi connectivity index (χ4v) is 5.25. The minimum absolute atomic E-state index is 0.115. The maximum Gasteiger partial charge on any atom is 0.151 e. The largest absolute Gasteiger partial charge is 0.491 e. The molecule has 28 heavy (non-hydrogen) atoms. The van der Waals surface area contributed by atoms with E-state index in [0.29, 0.717) is 25.9 Å². The smallest absolute Gasteiger partial charge is 0.151 e. The number of aliphatic hydroxyl groups excluding tert-OH is 1. The van der Waals surface area contributed by atoms with Crippen molar-refractivity contribution in [2.75, 3.05) is 24.7 Å². The van der Waals surface area contributed by atoms with E-state index in [9.17, 15) is 13.5 Å². The van der Waals surface area contributed by atoms with Gasteiger partial charge in [0.1, 0.15) is 24.2 Å². The molecule has 1 aliphatic rings. The van der Waals surface area contributed by atoms with E-state index >= 15 is 0 Å². The lowest BCUT2D eigenvalue weighted by Gasteiger charge is -2.29. The Morgan fingerprint density at radius 1 is 1.32 bits per heavy atom. The summed E-state index contributed by atoms with van der Waals surface area (Å²) in [5.74, 6) is 1.77. The highest BCUT2D eigenvalue weighted by molar-refractivity contribution is 7.91. The van der Waals surface area contributed by atoms with Crippen molar-refractivity contribution in [2.45, 2.75) is 31.5 Å². The quantitative estimate of drug-likeness (QED) is 0.612. The summed E-state index contributed by atoms with van der Waals surface area (Å²) in [7, 11) is -3.02. The van der Waals surface area contributed by atoms with Crippen molar-refractivity contribution < 1.29 is 22.7 Å². The maximum atomic E-state index is 11.9. The molecule has 0 aliphatic carbocycles. The summed E-state index contributed by atoms with van der Waals surface area (Å²) < 4.78 is 35.0. The first kappa shape index (κ1) is 20.6. The van der Waals surface area contributed by atoms with E-state index in [1.165, 1.54) is 0 Å². The number of hydrogen-bond acceptors (Lipinski definition) is 6. The van der Waals surface area contributed by atoms with Crippen LogP contribution in [0.4, 0.5) is 0 Å². The molecular weight excluding hydrogens is 378 g/mol. The van der Waals surface area contributed by atoms with Crippen molar-refractivity contribution in [3.05, 3.63) is 66.6 Å². The molecule has 6 nitrogen and oxygen atoms in total. The summed E-state index contributed by atoms with van der Waals surface area (Å²) in [5, 5.41) is 10.6. The molecule has 2 atom stereocenters. The van der Waals surface area contributed by atoms with Crippen LogP contribution in [0.15, 0.2) is 59.7 Å². The Hall–Kier alpha value is -2.09. The topological polar surface area (TPSA) is 80.0 Å². The van der Waals surface area contributed by atoms with E-state index < -0.39 is 15.9 Å². The average molecular weight is 406 g/mol. The molecule has 1 aliphatic heterocycles. The van der Waals surface area contributed by atoms with Crippen LogP contribution in [-0.4, -0.2) is 55.2 Å². The molecule has 1 aromatic carbocycles. The predicted molar refractivity (Wildman–Crippen MR) is 108 cm³/mol. The summed E-state index contributed by atoms with van der Waals surface area (Å²) >= 11 is 0. The van der Waals surface area contributed by atoms with E-state index in [1.54, 1.807) is 12.3 Å². The highest BCUT2D eigenvalue weighted by Crippen LogP contribution is 2.22. The Balaban J connectivity index is 1.62. The first-order valence-electron chi connectivity index (χ1n) is 9.43. The fourth-order valence-electron chi connectivity index (χ4n) is 3.49. The van der Waals surface area contributed by atoms with Gasteiger partial charge in [-0.1, -0.05) is 24.3 Å². The standard InChI is InChI=1S/C21H27NO5S/c1-2-6-17-7-3-4-9-21(17)27-15-19(23)13-22(14-20-8-5-11-26-20)18-10-12-28(24,25)16-18/h2-5,7-9,11,18-19,23H,1,6,10,12-16H2/t18-,19+/m1/s1. The predicted octanol–water partition coefficient (Wildman–Crippen LogP) is 2.44. The van der Waals surface area contributed by atoms with Crippen molar-refractivity contribution in [1.29, 1.82) is 0 Å². The molecular formula is C21H27NO5S. The molecule has 0 bridgehead atoms. The van der Waals surface area contributed by atoms with Gasteiger partial charge < -0.3 is 14.3 Å². The number of allylic oxidation sites excluding steroid dienone is 1. The summed E-state index contributed by atoms with van der Waals surface area (Å²) in [6.45, 7) is 4.65. The van der Waals surface area contributed by atoms with E-state index in [4.69, 9.17) is 9.15 Å². The molecule has 2 aromatic rings. The number of hydrogen-bond donors (Lipinski definition) is 1. The zero-order valence-corrected chi connectivity index (χ0v) is 16.7. The molecule has 3 rings (SSSR count). The van der Waals surface area contributed by atoms with Gasteiger partial charge in [0.25, 0.3) is 0 Å². The summed E-state index contributed by atoms with van der Waals surface area (Å²) in [6.07, 6.45) is 3.91. The molecule has 1 fully saturated rings. The van der Waals surface area contributed by atoms with Crippen molar-refractivity contribution in [1.82, 2.24) is 4.90 Å². The normalized spacial score (nSPS) is 19.6. The van der Waals surface area contributed by atoms with Crippen molar-refractivity contribution >= 4 is 9.84 Å². The number of para-hydroxylation sites is 1. The van der Waals surface area contributed by atoms with Gasteiger partial charge in [0.15, 0.2) is 9.84 Å². The van der Waals surface area contributed by atoms with Crippen molar-refractivity contribution in [2.24, 2.45) is 0 Å². The molecule has 1 aromatic heterocycles. The monoisotopic (exact) mass is 405 g/mol. The first-order valence-corrected chi connectivity index (χ1v) is 11.3. The zero-order valence-electron chi connectivity index (χ0n) is 15.9. The Kier molecular flexibility index (Phi) is 6.93. The summed E-state index contributed by atoms with van der Waals surface area (Å²) in [6, 6.07) is 11.2. The van der Waals surface area contributed by atoms with Crippen LogP contribution in [-0.2, 0) is 22.8 Å². The lowest BCUT2D eigenvalue weighted by atomic mass is 10.1. The molecule has 7 heteroatoms. The Bertz CT molecular complexity index is 863. The number of ether oxygens (including phenoxy) is 1. The average Bonchev–Trinajstić information content (AvgIpc) is 3.30. The van der Waals surface area contributed by atoms with Crippen LogP contribution >= 0.6 is 0 Å². The number of furan rings is 1. The SMILES string of the molecule is C=CCc1ccccc1OC[C@@H](O)CN(Cc1ccco1)[C@@H]1CCS(=O)(=O)C1. The minimum atomic E-state index is -3.02. The molecule has 0 amide bonds. The van der Waals surface area contributed by atoms with Crippen LogP contribution in [0.5, 0.6) is 5.75 Å². The number of aliphatic hydroxyl groups is 1. The third-order valence-corrected chi connectivity index (χ3v) is 6.63. The van der Waals surface area contributed by atoms with Crippen LogP contribution in [0, 0.1) is 0 Å². The van der Waals surface area contributed by atoms with Gasteiger partial charge in [-0.2, -0.15) is 0 Å². The Labute approximate surface area is 166 Å². The van der Waals surface area contributed by atoms with Gasteiger partial charge in [0, 0.05) is 12.6 Å². The number of nitrogens with zero attached hydrogens (tertiary/aromatic N) is 1. The van der Waals surface area contributed by atoms with Gasteiger partial charge in [-0.05, 0) is 36.6 Å². The summed E-state index contributed by atoms with van der Waals surface area (Å²) in [4.78, 5) is 1.98. The summed E-state index contributed by atoms with van der Waals surface area (Å²) in [5.41, 5.74) is 1.01. The highest BCUT2D eigenvalue weighted by Gasteiger charge is 2.33. The van der Waals surface area contributed by atoms with Crippen LogP contribution < -0.4 is 4.74 Å². The van der Waals surface area contributed by atoms with Gasteiger partial charge in [-0.25, -0.2) is 8.42 Å². The zero-order chi connectivity index (χ0) is 20.0. The molecule has 0 saturated carbocycles. The fraction of sp³-hybridized carbons (Fsp3) is 0.429. The van der Waals surface area contributed by atoms with Gasteiger partial charge in [0.2, 0.25) is 0 Å². The molecule has 2 heterocycles. The van der Waals surface area contributed by atoms with E-state index in [2.05, 4.69) is 6.58 Å². The minimum Gasteiger partial charge on any atom is -0.491 e. The van der Waals surface area contributed by atoms with Crippen molar-refractivity contribution in [3.63, 3.8) is 0 Å². The molecule has 1 saturated heterocycles. The van der Waals surface area contributed by atoms with Crippen molar-refractivity contribution in [3.8, 4) is 5.75 Å². The molecule has 0 unspecified atom stereocenters. The van der Waals surface area contributed by atoms with Gasteiger partial charge >= 0.3 is 0 Å². The Morgan fingerprint density at radius 3 is 2.82 bits per heavy atom. The highest BCUT2D eigenvalue weighted by atomic mass is 32.2. The van der Waals surface area contributed by atoms with E-state index in [-0.39, 0.29) is 24.2 Å². The molecule has 0 radical (unpaired) electrons. The molecule has 0 spiro atoms. The number of benzene rings is 1. The molecule has 152 valence electrons. The Morgan fingerprint density at radius 2 is 2.14 bits per heavy atom. The van der Waals surface area contributed by atoms with Gasteiger partial charge in [-0.15, -0.1) is 6.58 Å². The number of sulfone groups is 1. The lowest BCUT2D eigenvalue weighted by molar-refractivity contribution is 0.0495.